The maximum Gasteiger partial charge on any atom is 0.245 e. The Bertz CT molecular complexity index is 716. The van der Waals surface area contributed by atoms with Gasteiger partial charge in [0.15, 0.2) is 23.2 Å². The van der Waals surface area contributed by atoms with E-state index in [9.17, 15) is 0 Å². The van der Waals surface area contributed by atoms with Gasteiger partial charge in [0.05, 0.1) is 19.5 Å². The highest BCUT2D eigenvalue weighted by Crippen LogP contribution is 2.43. The third kappa shape index (κ3) is 1.91. The summed E-state index contributed by atoms with van der Waals surface area (Å²) in [6.45, 7) is 5.80. The highest BCUT2D eigenvalue weighted by Gasteiger charge is 2.54. The molecule has 8 heteroatoms. The lowest BCUT2D eigenvalue weighted by atomic mass is 10.1. The minimum atomic E-state index is -0.616. The number of fused-ring (bicyclic) bond motifs is 2. The molecule has 0 aromatic carbocycles. The van der Waals surface area contributed by atoms with Crippen LogP contribution in [0.4, 0.5) is 0 Å². The normalized spacial score (nSPS) is 33.3. The van der Waals surface area contributed by atoms with Gasteiger partial charge in [-0.2, -0.15) is 4.98 Å². The Hall–Kier alpha value is -1.77. The summed E-state index contributed by atoms with van der Waals surface area (Å²) >= 11 is 0. The molecule has 4 heterocycles. The smallest absolute Gasteiger partial charge is 0.245 e. The van der Waals surface area contributed by atoms with Crippen molar-refractivity contribution in [3.63, 3.8) is 0 Å². The molecule has 4 rings (SSSR count). The van der Waals surface area contributed by atoms with Gasteiger partial charge in [-0.15, -0.1) is 0 Å². The third-order valence-corrected chi connectivity index (χ3v) is 4.05. The summed E-state index contributed by atoms with van der Waals surface area (Å²) in [5.74, 6) is -0.176. The Morgan fingerprint density at radius 1 is 1.18 bits per heavy atom. The molecule has 2 aromatic rings. The summed E-state index contributed by atoms with van der Waals surface area (Å²) < 4.78 is 25.0. The van der Waals surface area contributed by atoms with Gasteiger partial charge in [0.25, 0.3) is 0 Å². The fourth-order valence-electron chi connectivity index (χ4n) is 3.17. The van der Waals surface area contributed by atoms with E-state index in [1.54, 1.807) is 13.4 Å². The van der Waals surface area contributed by atoms with Crippen LogP contribution in [0.15, 0.2) is 12.7 Å². The predicted molar refractivity (Wildman–Crippen MR) is 75.3 cm³/mol. The molecule has 0 aliphatic carbocycles. The quantitative estimate of drug-likeness (QED) is 0.826. The van der Waals surface area contributed by atoms with Crippen molar-refractivity contribution < 1.29 is 18.9 Å². The van der Waals surface area contributed by atoms with Gasteiger partial charge in [0.2, 0.25) is 5.88 Å². The first-order chi connectivity index (χ1) is 10.5. The topological polar surface area (TPSA) is 80.5 Å². The van der Waals surface area contributed by atoms with Gasteiger partial charge in [-0.25, -0.2) is 9.97 Å². The molecule has 0 amide bonds. The van der Waals surface area contributed by atoms with Crippen molar-refractivity contribution in [1.29, 1.82) is 0 Å². The molecule has 22 heavy (non-hydrogen) atoms. The first-order valence-corrected chi connectivity index (χ1v) is 7.23. The summed E-state index contributed by atoms with van der Waals surface area (Å²) in [5.41, 5.74) is 1.25. The van der Waals surface area contributed by atoms with Crippen molar-refractivity contribution in [3.05, 3.63) is 12.7 Å². The second-order valence-electron chi connectivity index (χ2n) is 6.00. The Balaban J connectivity index is 1.76. The van der Waals surface area contributed by atoms with Gasteiger partial charge in [-0.1, -0.05) is 0 Å². The highest BCUT2D eigenvalue weighted by molar-refractivity contribution is 5.76. The molecule has 0 unspecified atom stereocenters. The summed E-state index contributed by atoms with van der Waals surface area (Å²) in [6.07, 6.45) is 2.40. The molecule has 0 radical (unpaired) electrons. The first-order valence-electron chi connectivity index (χ1n) is 7.23. The number of aromatic nitrogens is 4. The molecule has 2 aliphatic rings. The van der Waals surface area contributed by atoms with Crippen LogP contribution in [0.1, 0.15) is 27.0 Å². The molecule has 0 saturated carbocycles. The van der Waals surface area contributed by atoms with E-state index < -0.39 is 5.79 Å². The maximum absolute atomic E-state index is 6.02. The molecular formula is C14H18N4O4. The molecule has 0 N–H and O–H groups in total. The Morgan fingerprint density at radius 3 is 2.73 bits per heavy atom. The van der Waals surface area contributed by atoms with Gasteiger partial charge in [0.1, 0.15) is 18.5 Å². The van der Waals surface area contributed by atoms with Crippen molar-refractivity contribution >= 4 is 11.2 Å². The highest BCUT2D eigenvalue weighted by atomic mass is 16.8. The van der Waals surface area contributed by atoms with Crippen LogP contribution < -0.4 is 4.74 Å². The summed E-state index contributed by atoms with van der Waals surface area (Å²) in [6, 6.07) is 0. The zero-order valence-corrected chi connectivity index (χ0v) is 12.9. The van der Waals surface area contributed by atoms with Crippen LogP contribution in [-0.4, -0.2) is 50.7 Å². The van der Waals surface area contributed by atoms with E-state index in [4.69, 9.17) is 18.9 Å². The zero-order chi connectivity index (χ0) is 15.5. The summed E-state index contributed by atoms with van der Waals surface area (Å²) in [4.78, 5) is 12.7. The number of ether oxygens (including phenoxy) is 4. The van der Waals surface area contributed by atoms with Crippen molar-refractivity contribution in [1.82, 2.24) is 19.5 Å². The molecule has 0 spiro atoms. The molecule has 2 fully saturated rings. The van der Waals surface area contributed by atoms with Gasteiger partial charge in [-0.3, -0.25) is 4.57 Å². The molecule has 118 valence electrons. The van der Waals surface area contributed by atoms with Crippen LogP contribution in [0.3, 0.4) is 0 Å². The van der Waals surface area contributed by atoms with E-state index in [-0.39, 0.29) is 24.5 Å². The Kier molecular flexibility index (Phi) is 2.91. The van der Waals surface area contributed by atoms with Crippen LogP contribution >= 0.6 is 0 Å². The molecular weight excluding hydrogens is 288 g/mol. The van der Waals surface area contributed by atoms with Crippen molar-refractivity contribution in [2.75, 3.05) is 7.11 Å². The molecule has 2 aliphatic heterocycles. The second kappa shape index (κ2) is 4.61. The molecule has 2 saturated heterocycles. The average molecular weight is 306 g/mol. The van der Waals surface area contributed by atoms with E-state index in [0.717, 1.165) is 0 Å². The standard InChI is InChI=1S/C14H18N4O4/c1-7-9-10(22-14(2,3)21-9)13(20-7)18-6-17-8-11(18)15-5-16-12(8)19-4/h5-7,9-10,13H,1-4H3/t7-,9-,10-,13-/m1/s1. The minimum Gasteiger partial charge on any atom is -0.479 e. The fourth-order valence-corrected chi connectivity index (χ4v) is 3.17. The Morgan fingerprint density at radius 2 is 1.95 bits per heavy atom. The fraction of sp³-hybridized carbons (Fsp3) is 0.643. The number of hydrogen-bond acceptors (Lipinski definition) is 7. The van der Waals surface area contributed by atoms with Gasteiger partial charge < -0.3 is 18.9 Å². The van der Waals surface area contributed by atoms with E-state index in [0.29, 0.717) is 17.0 Å². The van der Waals surface area contributed by atoms with Crippen molar-refractivity contribution in [2.45, 2.75) is 51.1 Å². The summed E-state index contributed by atoms with van der Waals surface area (Å²) in [5, 5.41) is 0. The largest absolute Gasteiger partial charge is 0.479 e. The van der Waals surface area contributed by atoms with Gasteiger partial charge >= 0.3 is 0 Å². The molecule has 0 bridgehead atoms. The third-order valence-electron chi connectivity index (χ3n) is 4.05. The minimum absolute atomic E-state index is 0.0713. The van der Waals surface area contributed by atoms with E-state index >= 15 is 0 Å². The van der Waals surface area contributed by atoms with Gasteiger partial charge in [-0.05, 0) is 20.8 Å². The van der Waals surface area contributed by atoms with Crippen LogP contribution in [0.2, 0.25) is 0 Å². The van der Waals surface area contributed by atoms with E-state index in [1.165, 1.54) is 6.33 Å². The molecule has 8 nitrogen and oxygen atoms in total. The first kappa shape index (κ1) is 13.9. The van der Waals surface area contributed by atoms with E-state index in [2.05, 4.69) is 15.0 Å². The number of rotatable bonds is 2. The second-order valence-corrected chi connectivity index (χ2v) is 6.00. The molecule has 2 aromatic heterocycles. The maximum atomic E-state index is 6.02. The number of imidazole rings is 1. The lowest BCUT2D eigenvalue weighted by Gasteiger charge is -2.23. The van der Waals surface area contributed by atoms with E-state index in [1.807, 2.05) is 25.3 Å². The SMILES string of the molecule is COc1ncnc2c1ncn2[C@@H]1O[C@H](C)[C@H]2OC(C)(C)O[C@H]21. The van der Waals surface area contributed by atoms with Crippen LogP contribution in [-0.2, 0) is 14.2 Å². The number of methoxy groups -OCH3 is 1. The lowest BCUT2D eigenvalue weighted by Crippen LogP contribution is -2.27. The summed E-state index contributed by atoms with van der Waals surface area (Å²) in [7, 11) is 1.56. The monoisotopic (exact) mass is 306 g/mol. The van der Waals surface area contributed by atoms with Crippen molar-refractivity contribution in [2.24, 2.45) is 0 Å². The zero-order valence-electron chi connectivity index (χ0n) is 12.9. The van der Waals surface area contributed by atoms with Crippen LogP contribution in [0.5, 0.6) is 5.88 Å². The van der Waals surface area contributed by atoms with Crippen molar-refractivity contribution in [3.8, 4) is 5.88 Å². The van der Waals surface area contributed by atoms with Crippen LogP contribution in [0, 0.1) is 0 Å². The van der Waals surface area contributed by atoms with Crippen LogP contribution in [0.25, 0.3) is 11.2 Å². The average Bonchev–Trinajstić information content (AvgIpc) is 3.11. The van der Waals surface area contributed by atoms with Gasteiger partial charge in [0, 0.05) is 0 Å². The number of nitrogens with zero attached hydrogens (tertiary/aromatic N) is 4. The number of hydrogen-bond donors (Lipinski definition) is 0. The lowest BCUT2D eigenvalue weighted by molar-refractivity contribution is -0.194. The Labute approximate surface area is 127 Å². The molecule has 4 atom stereocenters. The predicted octanol–water partition coefficient (Wildman–Crippen LogP) is 1.27.